The molecular formula is C22H25ClF3IN5O2P. The number of aromatic nitrogens is 2. The third-order valence-corrected chi connectivity index (χ3v) is 8.07. The Kier molecular flexibility index (Phi) is 9.83. The van der Waals surface area contributed by atoms with Crippen molar-refractivity contribution >= 4 is 52.5 Å². The number of imidazole rings is 1. The number of fused-ring (bicyclic) bond motifs is 1. The molecule has 0 saturated carbocycles. The lowest BCUT2D eigenvalue weighted by Crippen LogP contribution is -2.32. The van der Waals surface area contributed by atoms with Crippen LogP contribution in [0.1, 0.15) is 35.9 Å². The van der Waals surface area contributed by atoms with E-state index in [1.54, 1.807) is 28.7 Å². The van der Waals surface area contributed by atoms with Crippen molar-refractivity contribution in [3.8, 4) is 6.01 Å². The largest absolute Gasteiger partial charge is 0.465 e. The molecule has 1 aliphatic rings. The molecule has 1 aromatic heterocycles. The summed E-state index contributed by atoms with van der Waals surface area (Å²) in [6.45, 7) is 3.11. The van der Waals surface area contributed by atoms with Crippen molar-refractivity contribution in [2.75, 3.05) is 20.2 Å². The highest BCUT2D eigenvalue weighted by atomic mass is 127. The molecule has 13 heteroatoms. The Labute approximate surface area is 221 Å². The van der Waals surface area contributed by atoms with E-state index >= 15 is 0 Å². The first kappa shape index (κ1) is 27.7. The molecule has 0 aliphatic carbocycles. The molecule has 0 fully saturated rings. The van der Waals surface area contributed by atoms with Crippen molar-refractivity contribution < 1.29 is 22.7 Å². The van der Waals surface area contributed by atoms with Gasteiger partial charge in [-0.05, 0) is 40.1 Å². The molecule has 35 heavy (non-hydrogen) atoms. The number of carbonyl (C=O) groups is 1. The van der Waals surface area contributed by atoms with Gasteiger partial charge in [0.05, 0.1) is 49.2 Å². The summed E-state index contributed by atoms with van der Waals surface area (Å²) in [7, 11) is 1.81. The molecule has 0 amide bonds. The minimum absolute atomic E-state index is 0.0162. The normalized spacial score (nSPS) is 15.0. The summed E-state index contributed by atoms with van der Waals surface area (Å²) in [5, 5.41) is 4.33. The molecule has 7 nitrogen and oxygen atoms in total. The second-order valence-corrected chi connectivity index (χ2v) is 10.4. The van der Waals surface area contributed by atoms with Gasteiger partial charge in [-0.2, -0.15) is 23.3 Å². The van der Waals surface area contributed by atoms with Crippen LogP contribution in [-0.4, -0.2) is 51.9 Å². The third-order valence-electron chi connectivity index (χ3n) is 5.33. The van der Waals surface area contributed by atoms with E-state index in [4.69, 9.17) is 16.3 Å². The fraction of sp³-hybridized carbons (Fsp3) is 0.409. The quantitative estimate of drug-likeness (QED) is 0.0844. The van der Waals surface area contributed by atoms with Crippen LogP contribution in [-0.2, 0) is 30.5 Å². The van der Waals surface area contributed by atoms with E-state index in [1.165, 1.54) is 12.1 Å². The average molecular weight is 642 g/mol. The van der Waals surface area contributed by atoms with Crippen LogP contribution in [0.2, 0.25) is 0 Å². The van der Waals surface area contributed by atoms with Crippen molar-refractivity contribution in [1.29, 1.82) is 0 Å². The number of nitrogens with zero attached hydrogens (tertiary/aromatic N) is 5. The lowest BCUT2D eigenvalue weighted by molar-refractivity contribution is -0.138. The van der Waals surface area contributed by atoms with Crippen molar-refractivity contribution in [1.82, 2.24) is 19.2 Å². The fourth-order valence-electron chi connectivity index (χ4n) is 3.71. The number of carbonyl (C=O) groups excluding carboxylic acids is 1. The molecule has 0 N–H and O–H groups in total. The molecule has 2 aromatic rings. The smallest absolute Gasteiger partial charge is 0.416 e. The van der Waals surface area contributed by atoms with Crippen molar-refractivity contribution in [3.05, 3.63) is 57.5 Å². The van der Waals surface area contributed by atoms with Gasteiger partial charge in [0.15, 0.2) is 6.29 Å². The summed E-state index contributed by atoms with van der Waals surface area (Å²) in [4.78, 5) is 17.9. The van der Waals surface area contributed by atoms with Crippen LogP contribution in [0.25, 0.3) is 0 Å². The van der Waals surface area contributed by atoms with Gasteiger partial charge in [-0.3, -0.25) is 14.1 Å². The molecule has 2 heterocycles. The highest BCUT2D eigenvalue weighted by Gasteiger charge is 2.34. The van der Waals surface area contributed by atoms with Crippen LogP contribution in [0.15, 0.2) is 40.1 Å². The predicted molar refractivity (Wildman–Crippen MR) is 140 cm³/mol. The standard InChI is InChI=1S/C22H25ClF3IN5O2P/c1-3-10-34-21-29-18-13-31(20(17(23)14-33)11-28-30(2)35-27)9-8-19(18)32(21)12-15-6-4-5-7-16(15)22(24,25)26/h4-7,11,14,35H,3,8-10,12-13H2,1-2H3/b20-17-,28-11-. The van der Waals surface area contributed by atoms with E-state index in [9.17, 15) is 18.0 Å². The van der Waals surface area contributed by atoms with E-state index in [2.05, 4.69) is 32.1 Å². The number of aldehydes is 1. The Bertz CT molecular complexity index is 1110. The minimum atomic E-state index is -4.46. The Hall–Kier alpha value is -1.85. The molecule has 3 rings (SSSR count). The zero-order chi connectivity index (χ0) is 25.6. The Morgan fingerprint density at radius 2 is 2.14 bits per heavy atom. The SMILES string of the molecule is CCCOc1nc2c(n1Cc1ccccc1C(F)(F)F)CCN(C(/C=N\N(C)PI)=C(\Cl)C=O)C2. The first-order valence-electron chi connectivity index (χ1n) is 10.8. The van der Waals surface area contributed by atoms with Gasteiger partial charge in [0.1, 0.15) is 5.03 Å². The summed E-state index contributed by atoms with van der Waals surface area (Å²) in [6, 6.07) is 5.80. The van der Waals surface area contributed by atoms with E-state index in [0.29, 0.717) is 50.2 Å². The van der Waals surface area contributed by atoms with Crippen molar-refractivity contribution in [2.24, 2.45) is 5.10 Å². The number of allylic oxidation sites excluding steroid dienone is 2. The molecule has 0 bridgehead atoms. The number of alkyl halides is 3. The summed E-state index contributed by atoms with van der Waals surface area (Å²) in [5.41, 5.74) is 1.39. The maximum absolute atomic E-state index is 13.6. The van der Waals surface area contributed by atoms with Crippen LogP contribution in [0.5, 0.6) is 6.01 Å². The van der Waals surface area contributed by atoms with Crippen molar-refractivity contribution in [2.45, 2.75) is 39.0 Å². The van der Waals surface area contributed by atoms with Gasteiger partial charge in [-0.15, -0.1) is 0 Å². The Morgan fingerprint density at radius 1 is 1.40 bits per heavy atom. The molecule has 1 unspecified atom stereocenters. The monoisotopic (exact) mass is 641 g/mol. The van der Waals surface area contributed by atoms with E-state index in [-0.39, 0.29) is 23.2 Å². The molecule has 1 atom stereocenters. The molecule has 1 aromatic carbocycles. The van der Waals surface area contributed by atoms with Gasteiger partial charge >= 0.3 is 6.18 Å². The molecule has 0 spiro atoms. The van der Waals surface area contributed by atoms with Gasteiger partial charge in [0, 0.05) is 25.7 Å². The molecule has 190 valence electrons. The van der Waals surface area contributed by atoms with Crippen LogP contribution < -0.4 is 4.74 Å². The Morgan fingerprint density at radius 3 is 2.80 bits per heavy atom. The first-order valence-corrected chi connectivity index (χ1v) is 15.2. The summed E-state index contributed by atoms with van der Waals surface area (Å²) >= 11 is 8.38. The minimum Gasteiger partial charge on any atom is -0.465 e. The zero-order valence-electron chi connectivity index (χ0n) is 19.1. The lowest BCUT2D eigenvalue weighted by atomic mass is 10.1. The average Bonchev–Trinajstić information content (AvgIpc) is 3.18. The van der Waals surface area contributed by atoms with Crippen LogP contribution in [0, 0.1) is 0 Å². The topological polar surface area (TPSA) is 63.0 Å². The highest BCUT2D eigenvalue weighted by Crippen LogP contribution is 2.34. The zero-order valence-corrected chi connectivity index (χ0v) is 23.1. The van der Waals surface area contributed by atoms with Crippen molar-refractivity contribution in [3.63, 3.8) is 0 Å². The molecule has 0 saturated heterocycles. The number of rotatable bonds is 10. The highest BCUT2D eigenvalue weighted by molar-refractivity contribution is 14.2. The fourth-order valence-corrected chi connectivity index (χ4v) is 4.36. The number of hydrazone groups is 1. The number of ether oxygens (including phenoxy) is 1. The maximum Gasteiger partial charge on any atom is 0.416 e. The summed E-state index contributed by atoms with van der Waals surface area (Å²) in [6.07, 6.45) is -0.743. The number of hydrogen-bond acceptors (Lipinski definition) is 6. The van der Waals surface area contributed by atoms with E-state index < -0.39 is 11.7 Å². The molecule has 0 radical (unpaired) electrons. The van der Waals surface area contributed by atoms with E-state index in [1.807, 2.05) is 11.8 Å². The van der Waals surface area contributed by atoms with Gasteiger partial charge in [-0.25, -0.2) is 0 Å². The molecular weight excluding hydrogens is 617 g/mol. The Balaban J connectivity index is 1.98. The summed E-state index contributed by atoms with van der Waals surface area (Å²) in [5.74, 6) is 0. The first-order chi connectivity index (χ1) is 16.7. The predicted octanol–water partition coefficient (Wildman–Crippen LogP) is 5.61. The third kappa shape index (κ3) is 6.89. The van der Waals surface area contributed by atoms with Gasteiger partial charge in [0.2, 0.25) is 0 Å². The molecule has 1 aliphatic heterocycles. The van der Waals surface area contributed by atoms with Gasteiger partial charge < -0.3 is 9.64 Å². The number of halogens is 5. The summed E-state index contributed by atoms with van der Waals surface area (Å²) < 4.78 is 50.1. The maximum atomic E-state index is 13.6. The second kappa shape index (κ2) is 12.4. The van der Waals surface area contributed by atoms with E-state index in [0.717, 1.165) is 18.2 Å². The number of hydrogen-bond donors (Lipinski definition) is 0. The van der Waals surface area contributed by atoms with Gasteiger partial charge in [0.25, 0.3) is 6.01 Å². The number of benzene rings is 1. The van der Waals surface area contributed by atoms with Gasteiger partial charge in [-0.1, -0.05) is 36.7 Å². The van der Waals surface area contributed by atoms with Crippen LogP contribution in [0.4, 0.5) is 13.2 Å². The second-order valence-electron chi connectivity index (χ2n) is 7.75. The van der Waals surface area contributed by atoms with Crippen LogP contribution >= 0.6 is 40.0 Å². The van der Waals surface area contributed by atoms with Crippen LogP contribution in [0.3, 0.4) is 0 Å². The lowest BCUT2D eigenvalue weighted by Gasteiger charge is -2.30.